The lowest BCUT2D eigenvalue weighted by molar-refractivity contribution is -0.122. The minimum absolute atomic E-state index is 0.177. The van der Waals surface area contributed by atoms with Crippen molar-refractivity contribution in [2.45, 2.75) is 40.7 Å². The summed E-state index contributed by atoms with van der Waals surface area (Å²) >= 11 is 0. The molecule has 0 aliphatic rings. The highest BCUT2D eigenvalue weighted by molar-refractivity contribution is 7.88. The van der Waals surface area contributed by atoms with Gasteiger partial charge in [-0.2, -0.15) is 13.1 Å². The van der Waals surface area contributed by atoms with E-state index in [0.717, 1.165) is 0 Å². The molecule has 0 spiro atoms. The Labute approximate surface area is 91.8 Å². The van der Waals surface area contributed by atoms with Crippen LogP contribution in [0, 0.1) is 11.8 Å². The molecule has 6 heteroatoms. The van der Waals surface area contributed by atoms with E-state index < -0.39 is 16.1 Å². The van der Waals surface area contributed by atoms with Crippen molar-refractivity contribution in [3.63, 3.8) is 0 Å². The fourth-order valence-corrected chi connectivity index (χ4v) is 1.98. The first-order valence-electron chi connectivity index (χ1n) is 4.99. The van der Waals surface area contributed by atoms with E-state index >= 15 is 0 Å². The van der Waals surface area contributed by atoms with Crippen LogP contribution in [0.1, 0.15) is 34.6 Å². The number of rotatable bonds is 5. The van der Waals surface area contributed by atoms with Crippen LogP contribution >= 0.6 is 0 Å². The highest BCUT2D eigenvalue weighted by Crippen LogP contribution is 2.01. The lowest BCUT2D eigenvalue weighted by Crippen LogP contribution is -2.46. The Morgan fingerprint density at radius 1 is 1.07 bits per heavy atom. The molecule has 0 heterocycles. The van der Waals surface area contributed by atoms with Gasteiger partial charge in [0.25, 0.3) is 0 Å². The van der Waals surface area contributed by atoms with Crippen molar-refractivity contribution in [2.75, 3.05) is 0 Å². The summed E-state index contributed by atoms with van der Waals surface area (Å²) in [6.45, 7) is 8.83. The molecule has 0 radical (unpaired) electrons. The van der Waals surface area contributed by atoms with Crippen LogP contribution in [0.4, 0.5) is 0 Å². The van der Waals surface area contributed by atoms with Crippen molar-refractivity contribution in [3.05, 3.63) is 0 Å². The van der Waals surface area contributed by atoms with Crippen LogP contribution in [0.15, 0.2) is 0 Å². The molecule has 0 bridgehead atoms. The molecular formula is C9H20N2O3S. The molecule has 2 N–H and O–H groups in total. The quantitative estimate of drug-likeness (QED) is 0.735. The molecule has 90 valence electrons. The van der Waals surface area contributed by atoms with Gasteiger partial charge in [0.2, 0.25) is 5.91 Å². The maximum Gasteiger partial charge on any atom is 0.301 e. The van der Waals surface area contributed by atoms with Gasteiger partial charge >= 0.3 is 10.2 Å². The second-order valence-electron chi connectivity index (χ2n) is 4.27. The molecule has 0 aliphatic heterocycles. The summed E-state index contributed by atoms with van der Waals surface area (Å²) in [6, 6.07) is -0.206. The highest BCUT2D eigenvalue weighted by Gasteiger charge is 2.20. The Bertz CT molecular complexity index is 309. The van der Waals surface area contributed by atoms with Crippen molar-refractivity contribution < 1.29 is 13.2 Å². The molecule has 15 heavy (non-hydrogen) atoms. The summed E-state index contributed by atoms with van der Waals surface area (Å²) in [4.78, 5) is 11.2. The van der Waals surface area contributed by atoms with Gasteiger partial charge in [0.05, 0.1) is 0 Å². The predicted octanol–water partition coefficient (Wildman–Crippen LogP) is 0.637. The van der Waals surface area contributed by atoms with Crippen LogP contribution in [-0.2, 0) is 15.0 Å². The van der Waals surface area contributed by atoms with Crippen molar-refractivity contribution in [1.82, 2.24) is 9.44 Å². The van der Waals surface area contributed by atoms with Gasteiger partial charge in [-0.3, -0.25) is 4.79 Å². The molecule has 0 unspecified atom stereocenters. The van der Waals surface area contributed by atoms with Crippen LogP contribution in [0.2, 0.25) is 0 Å². The van der Waals surface area contributed by atoms with Gasteiger partial charge in [-0.25, -0.2) is 4.72 Å². The SMILES string of the molecule is CC(C)C(=O)NS(=O)(=O)N[C@H](C)C(C)C. The van der Waals surface area contributed by atoms with Crippen molar-refractivity contribution >= 4 is 16.1 Å². The zero-order chi connectivity index (χ0) is 12.2. The normalized spacial score (nSPS) is 14.3. The molecular weight excluding hydrogens is 216 g/mol. The van der Waals surface area contributed by atoms with E-state index in [1.54, 1.807) is 20.8 Å². The van der Waals surface area contributed by atoms with Crippen LogP contribution in [0.5, 0.6) is 0 Å². The molecule has 0 aromatic heterocycles. The van der Waals surface area contributed by atoms with Gasteiger partial charge in [0.15, 0.2) is 0 Å². The van der Waals surface area contributed by atoms with Crippen LogP contribution in [-0.4, -0.2) is 20.4 Å². The lowest BCUT2D eigenvalue weighted by Gasteiger charge is -2.18. The molecule has 0 rings (SSSR count). The maximum absolute atomic E-state index is 11.4. The Morgan fingerprint density at radius 2 is 1.53 bits per heavy atom. The highest BCUT2D eigenvalue weighted by atomic mass is 32.2. The van der Waals surface area contributed by atoms with Crippen LogP contribution < -0.4 is 9.44 Å². The molecule has 0 saturated heterocycles. The second kappa shape index (κ2) is 5.46. The molecule has 0 aliphatic carbocycles. The molecule has 1 atom stereocenters. The van der Waals surface area contributed by atoms with E-state index in [0.29, 0.717) is 0 Å². The van der Waals surface area contributed by atoms with Crippen molar-refractivity contribution in [1.29, 1.82) is 0 Å². The van der Waals surface area contributed by atoms with Crippen molar-refractivity contribution in [2.24, 2.45) is 11.8 Å². The van der Waals surface area contributed by atoms with Gasteiger partial charge in [-0.1, -0.05) is 27.7 Å². The fourth-order valence-electron chi connectivity index (χ4n) is 0.661. The average molecular weight is 236 g/mol. The summed E-state index contributed by atoms with van der Waals surface area (Å²) in [5.41, 5.74) is 0. The number of amides is 1. The third kappa shape index (κ3) is 5.74. The first-order chi connectivity index (χ1) is 6.65. The topological polar surface area (TPSA) is 75.3 Å². The summed E-state index contributed by atoms with van der Waals surface area (Å²) < 4.78 is 27.2. The number of hydrogen-bond acceptors (Lipinski definition) is 3. The van der Waals surface area contributed by atoms with Gasteiger partial charge in [0.1, 0.15) is 0 Å². The van der Waals surface area contributed by atoms with Gasteiger partial charge in [-0.15, -0.1) is 0 Å². The fraction of sp³-hybridized carbons (Fsp3) is 0.889. The second-order valence-corrected chi connectivity index (χ2v) is 5.72. The smallest absolute Gasteiger partial charge is 0.274 e. The van der Waals surface area contributed by atoms with E-state index in [2.05, 4.69) is 4.72 Å². The zero-order valence-electron chi connectivity index (χ0n) is 9.87. The summed E-state index contributed by atoms with van der Waals surface area (Å²) in [5, 5.41) is 0. The summed E-state index contributed by atoms with van der Waals surface area (Å²) in [6.07, 6.45) is 0. The Hall–Kier alpha value is -0.620. The van der Waals surface area contributed by atoms with E-state index in [9.17, 15) is 13.2 Å². The summed E-state index contributed by atoms with van der Waals surface area (Å²) in [7, 11) is -3.72. The molecule has 5 nitrogen and oxygen atoms in total. The molecule has 1 amide bonds. The zero-order valence-corrected chi connectivity index (χ0v) is 10.7. The van der Waals surface area contributed by atoms with Crippen LogP contribution in [0.3, 0.4) is 0 Å². The standard InChI is InChI=1S/C9H20N2O3S/c1-6(2)8(5)10-15(13,14)11-9(12)7(3)4/h6-8,10H,1-5H3,(H,11,12)/t8-/m1/s1. The average Bonchev–Trinajstić information content (AvgIpc) is 2.01. The van der Waals surface area contributed by atoms with Crippen molar-refractivity contribution in [3.8, 4) is 0 Å². The maximum atomic E-state index is 11.4. The molecule has 0 fully saturated rings. The molecule has 0 aromatic carbocycles. The third-order valence-electron chi connectivity index (χ3n) is 2.10. The number of carbonyl (C=O) groups excluding carboxylic acids is 1. The van der Waals surface area contributed by atoms with E-state index in [-0.39, 0.29) is 17.9 Å². The summed E-state index contributed by atoms with van der Waals surface area (Å²) in [5.74, 6) is -0.676. The first kappa shape index (κ1) is 14.4. The van der Waals surface area contributed by atoms with E-state index in [4.69, 9.17) is 0 Å². The minimum atomic E-state index is -3.72. The van der Waals surface area contributed by atoms with Gasteiger partial charge in [0, 0.05) is 12.0 Å². The minimum Gasteiger partial charge on any atom is -0.274 e. The monoisotopic (exact) mass is 236 g/mol. The van der Waals surface area contributed by atoms with Crippen LogP contribution in [0.25, 0.3) is 0 Å². The van der Waals surface area contributed by atoms with Gasteiger partial charge < -0.3 is 0 Å². The third-order valence-corrected chi connectivity index (χ3v) is 3.25. The van der Waals surface area contributed by atoms with E-state index in [1.165, 1.54) is 0 Å². The Kier molecular flexibility index (Phi) is 5.23. The number of carbonyl (C=O) groups is 1. The Morgan fingerprint density at radius 3 is 1.87 bits per heavy atom. The largest absolute Gasteiger partial charge is 0.301 e. The number of hydrogen-bond donors (Lipinski definition) is 2. The predicted molar refractivity (Wildman–Crippen MR) is 59.3 cm³/mol. The van der Waals surface area contributed by atoms with E-state index in [1.807, 2.05) is 18.6 Å². The first-order valence-corrected chi connectivity index (χ1v) is 6.48. The lowest BCUT2D eigenvalue weighted by atomic mass is 10.1. The molecule has 0 saturated carbocycles. The molecule has 0 aromatic rings. The number of nitrogens with one attached hydrogen (secondary N) is 2. The Balaban J connectivity index is 4.39. The van der Waals surface area contributed by atoms with Gasteiger partial charge in [-0.05, 0) is 12.8 Å².